The van der Waals surface area contributed by atoms with Gasteiger partial charge in [0.2, 0.25) is 0 Å². The summed E-state index contributed by atoms with van der Waals surface area (Å²) in [6.07, 6.45) is 4.66. The highest BCUT2D eigenvalue weighted by atomic mass is 32.1. The lowest BCUT2D eigenvalue weighted by Gasteiger charge is -2.34. The molecule has 2 N–H and O–H groups in total. The van der Waals surface area contributed by atoms with Crippen molar-refractivity contribution >= 4 is 28.6 Å². The molecule has 3 aromatic rings. The first kappa shape index (κ1) is 30.1. The number of ether oxygens (including phenoxy) is 1. The van der Waals surface area contributed by atoms with Crippen LogP contribution in [0, 0.1) is 5.41 Å². The average molecular weight is 599 g/mol. The first-order chi connectivity index (χ1) is 19.9. The molecule has 1 fully saturated rings. The topological polar surface area (TPSA) is 71.5 Å². The summed E-state index contributed by atoms with van der Waals surface area (Å²) in [7, 11) is 1.49. The van der Waals surface area contributed by atoms with Gasteiger partial charge in [-0.3, -0.25) is 0 Å². The number of aromatic carboxylic acids is 1. The van der Waals surface area contributed by atoms with Crippen molar-refractivity contribution in [1.29, 1.82) is 0 Å². The zero-order chi connectivity index (χ0) is 30.1. The lowest BCUT2D eigenvalue weighted by Crippen LogP contribution is -2.20. The van der Waals surface area contributed by atoms with Crippen molar-refractivity contribution in [3.8, 4) is 16.3 Å². The fourth-order valence-corrected chi connectivity index (χ4v) is 6.98. The third kappa shape index (κ3) is 6.66. The largest absolute Gasteiger partial charge is 0.495 e. The number of aromatic nitrogens is 1. The Morgan fingerprint density at radius 3 is 2.57 bits per heavy atom. The van der Waals surface area contributed by atoms with E-state index in [1.165, 1.54) is 30.6 Å². The molecular weight excluding hydrogens is 561 g/mol. The van der Waals surface area contributed by atoms with Crippen molar-refractivity contribution in [2.75, 3.05) is 19.0 Å². The number of nitrogens with zero attached hydrogens (tertiary/aromatic N) is 1. The maximum absolute atomic E-state index is 14.2. The van der Waals surface area contributed by atoms with Crippen LogP contribution in [-0.4, -0.2) is 29.7 Å². The molecule has 42 heavy (non-hydrogen) atoms. The summed E-state index contributed by atoms with van der Waals surface area (Å²) in [4.78, 5) is 16.5. The molecule has 0 aliphatic heterocycles. The van der Waals surface area contributed by atoms with Crippen molar-refractivity contribution in [1.82, 2.24) is 4.98 Å². The smallest absolute Gasteiger partial charge is 0.417 e. The third-order valence-corrected chi connectivity index (χ3v) is 9.52. The number of benzene rings is 2. The van der Waals surface area contributed by atoms with Crippen LogP contribution in [0.3, 0.4) is 0 Å². The number of alkyl halides is 3. The van der Waals surface area contributed by atoms with Crippen LogP contribution in [0.25, 0.3) is 16.1 Å². The standard InChI is InChI=1S/C33H37F3N2O3S/c1-32(2)13-10-20(11-14-32)22-8-9-24(27(16-22)33(34,35)36)30-38-23(19-42-30)12-15-37-28-17-25(21-6-4-5-7-21)26(31(39)40)18-29(28)41-3/h6,8-9,16-20,37H,4-5,7,10-15H2,1-3H3,(H,39,40). The van der Waals surface area contributed by atoms with Crippen LogP contribution in [0.5, 0.6) is 5.75 Å². The van der Waals surface area contributed by atoms with Crippen LogP contribution in [-0.2, 0) is 12.6 Å². The molecule has 0 radical (unpaired) electrons. The Morgan fingerprint density at radius 1 is 1.17 bits per heavy atom. The fourth-order valence-electron chi connectivity index (χ4n) is 6.09. The summed E-state index contributed by atoms with van der Waals surface area (Å²) in [5.41, 5.74) is 3.76. The van der Waals surface area contributed by atoms with Crippen LogP contribution in [0.4, 0.5) is 18.9 Å². The number of carbonyl (C=O) groups is 1. The molecule has 2 aliphatic carbocycles. The highest BCUT2D eigenvalue weighted by molar-refractivity contribution is 7.13. The summed E-state index contributed by atoms with van der Waals surface area (Å²) in [6.45, 7) is 4.90. The second kappa shape index (κ2) is 12.1. The Morgan fingerprint density at radius 2 is 1.93 bits per heavy atom. The number of carboxylic acids is 1. The van der Waals surface area contributed by atoms with Gasteiger partial charge >= 0.3 is 12.1 Å². The maximum atomic E-state index is 14.2. The number of allylic oxidation sites excluding steroid dienone is 2. The molecule has 224 valence electrons. The van der Waals surface area contributed by atoms with Crippen molar-refractivity contribution in [3.05, 3.63) is 69.7 Å². The highest BCUT2D eigenvalue weighted by Gasteiger charge is 2.36. The van der Waals surface area contributed by atoms with Gasteiger partial charge in [0.1, 0.15) is 10.8 Å². The van der Waals surface area contributed by atoms with Crippen molar-refractivity contribution in [2.45, 2.75) is 77.3 Å². The number of hydrogen-bond donors (Lipinski definition) is 2. The van der Waals surface area contributed by atoms with E-state index >= 15 is 0 Å². The molecule has 0 spiro atoms. The van der Waals surface area contributed by atoms with Gasteiger partial charge in [-0.25, -0.2) is 9.78 Å². The maximum Gasteiger partial charge on any atom is 0.417 e. The van der Waals surface area contributed by atoms with E-state index in [0.29, 0.717) is 40.7 Å². The molecule has 0 amide bonds. The molecule has 0 unspecified atom stereocenters. The summed E-state index contributed by atoms with van der Waals surface area (Å²) < 4.78 is 48.1. The number of thiazole rings is 1. The monoisotopic (exact) mass is 598 g/mol. The van der Waals surface area contributed by atoms with Gasteiger partial charge in [0.25, 0.3) is 0 Å². The number of anilines is 1. The van der Waals surface area contributed by atoms with Crippen molar-refractivity contribution in [2.24, 2.45) is 5.41 Å². The minimum atomic E-state index is -4.47. The Bertz CT molecular complexity index is 1480. The van der Waals surface area contributed by atoms with Crippen LogP contribution in [0.1, 0.15) is 97.5 Å². The molecule has 5 nitrogen and oxygen atoms in total. The first-order valence-corrected chi connectivity index (χ1v) is 15.4. The third-order valence-electron chi connectivity index (χ3n) is 8.60. The number of rotatable bonds is 9. The van der Waals surface area contributed by atoms with Gasteiger partial charge in [-0.05, 0) is 91.2 Å². The molecule has 1 saturated carbocycles. The number of carboxylic acid groups (broad SMARTS) is 1. The van der Waals surface area contributed by atoms with Crippen molar-refractivity contribution < 1.29 is 27.8 Å². The van der Waals surface area contributed by atoms with Gasteiger partial charge in [-0.2, -0.15) is 13.2 Å². The molecule has 1 heterocycles. The van der Waals surface area contributed by atoms with Crippen LogP contribution >= 0.6 is 11.3 Å². The Kier molecular flexibility index (Phi) is 8.69. The van der Waals surface area contributed by atoms with Gasteiger partial charge in [-0.1, -0.05) is 32.1 Å². The van der Waals surface area contributed by atoms with E-state index in [9.17, 15) is 23.1 Å². The zero-order valence-electron chi connectivity index (χ0n) is 24.2. The molecular formula is C33H37F3N2O3S. The molecule has 1 aromatic heterocycles. The number of hydrogen-bond acceptors (Lipinski definition) is 5. The lowest BCUT2D eigenvalue weighted by molar-refractivity contribution is -0.137. The highest BCUT2D eigenvalue weighted by Crippen LogP contribution is 2.45. The Labute approximate surface area is 248 Å². The van der Waals surface area contributed by atoms with Gasteiger partial charge in [0, 0.05) is 23.9 Å². The number of nitrogens with one attached hydrogen (secondary N) is 1. The van der Waals surface area contributed by atoms with Gasteiger partial charge in [-0.15, -0.1) is 11.3 Å². The predicted octanol–water partition coefficient (Wildman–Crippen LogP) is 9.44. The minimum Gasteiger partial charge on any atom is -0.495 e. The SMILES string of the molecule is COc1cc(C(=O)O)c(C2=CCCC2)cc1NCCc1csc(-c2ccc(C3CCC(C)(C)CC3)cc2C(F)(F)F)n1. The minimum absolute atomic E-state index is 0.118. The fraction of sp³-hybridized carbons (Fsp3) is 0.455. The predicted molar refractivity (Wildman–Crippen MR) is 162 cm³/mol. The van der Waals surface area contributed by atoms with E-state index in [-0.39, 0.29) is 22.5 Å². The molecule has 0 saturated heterocycles. The summed E-state index contributed by atoms with van der Waals surface area (Å²) in [5, 5.41) is 15.2. The average Bonchev–Trinajstić information content (AvgIpc) is 3.65. The van der Waals surface area contributed by atoms with E-state index < -0.39 is 17.7 Å². The molecule has 9 heteroatoms. The normalized spacial score (nSPS) is 17.2. The zero-order valence-corrected chi connectivity index (χ0v) is 25.1. The van der Waals surface area contributed by atoms with Gasteiger partial charge in [0.15, 0.2) is 0 Å². The van der Waals surface area contributed by atoms with E-state index in [0.717, 1.165) is 56.1 Å². The summed E-state index contributed by atoms with van der Waals surface area (Å²) >= 11 is 1.22. The van der Waals surface area contributed by atoms with Gasteiger partial charge < -0.3 is 15.2 Å². The van der Waals surface area contributed by atoms with Crippen LogP contribution in [0.15, 0.2) is 41.8 Å². The molecule has 2 aliphatic rings. The number of halogens is 3. The Hall–Kier alpha value is -3.33. The van der Waals surface area contributed by atoms with E-state index in [2.05, 4.69) is 30.2 Å². The van der Waals surface area contributed by atoms with E-state index in [1.807, 2.05) is 12.1 Å². The number of methoxy groups -OCH3 is 1. The second-order valence-corrected chi connectivity index (χ2v) is 12.9. The molecule has 2 aromatic carbocycles. The molecule has 0 bridgehead atoms. The molecule has 5 rings (SSSR count). The lowest BCUT2D eigenvalue weighted by atomic mass is 9.71. The summed E-state index contributed by atoms with van der Waals surface area (Å²) in [5.74, 6) is -0.435. The molecule has 0 atom stereocenters. The van der Waals surface area contributed by atoms with Gasteiger partial charge in [0.05, 0.1) is 29.6 Å². The summed E-state index contributed by atoms with van der Waals surface area (Å²) in [6, 6.07) is 8.13. The van der Waals surface area contributed by atoms with Crippen molar-refractivity contribution in [3.63, 3.8) is 0 Å². The Balaban J connectivity index is 1.32. The first-order valence-electron chi connectivity index (χ1n) is 14.5. The quantitative estimate of drug-likeness (QED) is 0.257. The van der Waals surface area contributed by atoms with Crippen LogP contribution in [0.2, 0.25) is 0 Å². The van der Waals surface area contributed by atoms with E-state index in [4.69, 9.17) is 4.74 Å². The van der Waals surface area contributed by atoms with E-state index in [1.54, 1.807) is 11.4 Å². The van der Waals surface area contributed by atoms with Crippen LogP contribution < -0.4 is 10.1 Å². The second-order valence-electron chi connectivity index (χ2n) is 12.1.